The number of H-pyrrole nitrogens is 3. The highest BCUT2D eigenvalue weighted by atomic mass is 32.1. The smallest absolute Gasteiger partial charge is 0.325 e. The van der Waals surface area contributed by atoms with Crippen LogP contribution in [0.4, 0.5) is 0 Å². The first kappa shape index (κ1) is 75.0. The fraction of sp³-hybridized carbons (Fsp3) is 0.450. The fourth-order valence-electron chi connectivity index (χ4n) is 10.1. The maximum absolute atomic E-state index is 14.9. The van der Waals surface area contributed by atoms with Gasteiger partial charge in [-0.15, -0.1) is 0 Å². The van der Waals surface area contributed by atoms with Crippen LogP contribution in [0.25, 0.3) is 10.9 Å². The van der Waals surface area contributed by atoms with Gasteiger partial charge in [-0.2, -0.15) is 25.3 Å². The van der Waals surface area contributed by atoms with E-state index >= 15 is 0 Å². The molecule has 3 aromatic heterocycles. The number of imidazole rings is 2. The number of guanidine groups is 1. The second-order valence-electron chi connectivity index (χ2n) is 22.6. The Kier molecular flexibility index (Phi) is 29.0. The number of rotatable bonds is 37. The van der Waals surface area contributed by atoms with Crippen LogP contribution in [0.15, 0.2) is 90.8 Å². The number of likely N-dealkylation sites (tertiary alicyclic amines) is 1. The van der Waals surface area contributed by atoms with Gasteiger partial charge < -0.3 is 100 Å². The topological polar surface area (TPSA) is 532 Å². The Labute approximate surface area is 561 Å². The Balaban J connectivity index is 1.17. The molecule has 34 nitrogen and oxygen atoms in total. The van der Waals surface area contributed by atoms with E-state index in [9.17, 15) is 67.7 Å². The monoisotopic (exact) mass is 1370 g/mol. The molecule has 0 aliphatic carbocycles. The number of benzene rings is 2. The van der Waals surface area contributed by atoms with E-state index in [1.807, 2.05) is 0 Å². The van der Waals surface area contributed by atoms with Crippen LogP contribution in [0.3, 0.4) is 0 Å². The second kappa shape index (κ2) is 37.1. The molecule has 96 heavy (non-hydrogen) atoms. The molecule has 2 aromatic carbocycles. The van der Waals surface area contributed by atoms with Gasteiger partial charge in [-0.25, -0.2) is 9.97 Å². The average Bonchev–Trinajstić information content (AvgIpc) is 1.66. The van der Waals surface area contributed by atoms with Crippen molar-refractivity contribution in [3.8, 4) is 0 Å². The summed E-state index contributed by atoms with van der Waals surface area (Å²) in [5.74, 6) is -11.5. The van der Waals surface area contributed by atoms with Gasteiger partial charge in [-0.05, 0) is 56.7 Å². The summed E-state index contributed by atoms with van der Waals surface area (Å²) in [6, 6.07) is 0.648. The zero-order valence-corrected chi connectivity index (χ0v) is 54.3. The van der Waals surface area contributed by atoms with Gasteiger partial charge in [0.15, 0.2) is 5.96 Å². The van der Waals surface area contributed by atoms with Crippen LogP contribution in [0.2, 0.25) is 0 Å². The van der Waals surface area contributed by atoms with Crippen LogP contribution in [-0.2, 0) is 83.2 Å². The summed E-state index contributed by atoms with van der Waals surface area (Å²) in [5.41, 5.74) is 19.9. The number of carboxylic acids is 1. The first-order valence-electron chi connectivity index (χ1n) is 30.6. The molecule has 1 aliphatic heterocycles. The molecule has 0 spiro atoms. The van der Waals surface area contributed by atoms with Gasteiger partial charge in [0.1, 0.15) is 60.4 Å². The van der Waals surface area contributed by atoms with Crippen molar-refractivity contribution in [3.63, 3.8) is 0 Å². The van der Waals surface area contributed by atoms with E-state index in [-0.39, 0.29) is 75.5 Å². The Hall–Kier alpha value is -10.1. The van der Waals surface area contributed by atoms with E-state index in [2.05, 4.69) is 108 Å². The van der Waals surface area contributed by atoms with Gasteiger partial charge in [0.2, 0.25) is 65.0 Å². The highest BCUT2D eigenvalue weighted by Gasteiger charge is 2.41. The number of aromatic nitrogens is 5. The molecule has 1 saturated heterocycles. The first-order valence-corrected chi connectivity index (χ1v) is 31.9. The van der Waals surface area contributed by atoms with Crippen molar-refractivity contribution in [1.82, 2.24) is 83.0 Å². The van der Waals surface area contributed by atoms with E-state index in [1.54, 1.807) is 60.8 Å². The predicted octanol–water partition coefficient (Wildman–Crippen LogP) is -5.29. The van der Waals surface area contributed by atoms with Crippen molar-refractivity contribution in [1.29, 1.82) is 0 Å². The number of aliphatic carboxylic acids is 1. The summed E-state index contributed by atoms with van der Waals surface area (Å²) in [5, 5.41) is 45.7. The standard InChI is InChI=1S/C60H82N20O14S2/c1-31(71-50(84)38(61)20-35-23-64-29-69-35)49(83)78-45(27-95)51(85)68-25-48(82)73-44(26-81)55(89)76-42(19-34-22-67-39-13-7-6-12-37(34)39)54(88)75-41(18-33-10-4-3-5-11-33)53(87)74-40(14-8-16-66-60(62)63)58(92)80-17-9-15-47(80)57(91)79-46(28-96)56(90)77-43(21-36-24-65-30-70-36)52(86)72-32(2)59(93)94/h3-7,10-13,22-24,29-32,38,40-47,67,81,95-96H,8-9,14-21,25-28,61H2,1-2H3,(H,64,69)(H,65,70)(H,68,85)(H,71,84)(H,72,86)(H,73,82)(H,74,87)(H,75,88)(H,76,89)(H,77,90)(H,78,83)(H,79,91)(H,93,94)(H4,62,63,66). The molecule has 0 bridgehead atoms. The van der Waals surface area contributed by atoms with E-state index in [0.717, 1.165) is 0 Å². The van der Waals surface area contributed by atoms with Crippen molar-refractivity contribution in [3.05, 3.63) is 108 Å². The normalized spacial score (nSPS) is 15.8. The Morgan fingerprint density at radius 3 is 1.79 bits per heavy atom. The molecule has 11 unspecified atom stereocenters. The van der Waals surface area contributed by atoms with Crippen molar-refractivity contribution in [2.45, 2.75) is 132 Å². The van der Waals surface area contributed by atoms with Crippen molar-refractivity contribution < 1.29 is 67.7 Å². The molecular weight excluding hydrogens is 1290 g/mol. The van der Waals surface area contributed by atoms with Crippen LogP contribution in [0.5, 0.6) is 0 Å². The van der Waals surface area contributed by atoms with Crippen molar-refractivity contribution in [2.75, 3.05) is 37.7 Å². The number of hydrogen-bond acceptors (Lipinski definition) is 19. The molecule has 6 rings (SSSR count). The lowest BCUT2D eigenvalue weighted by Crippen LogP contribution is -2.61. The number of hydrogen-bond donors (Lipinski definition) is 20. The molecule has 0 saturated carbocycles. The molecule has 5 aromatic rings. The summed E-state index contributed by atoms with van der Waals surface area (Å²) < 4.78 is 0. The number of carbonyl (C=O) groups is 12. The van der Waals surface area contributed by atoms with Gasteiger partial charge in [-0.3, -0.25) is 62.5 Å². The zero-order valence-electron chi connectivity index (χ0n) is 52.5. The second-order valence-corrected chi connectivity index (χ2v) is 23.3. The van der Waals surface area contributed by atoms with Gasteiger partial charge >= 0.3 is 5.97 Å². The third-order valence-corrected chi connectivity index (χ3v) is 16.1. The number of nitrogens with zero attached hydrogens (tertiary/aromatic N) is 4. The Morgan fingerprint density at radius 1 is 0.625 bits per heavy atom. The van der Waals surface area contributed by atoms with E-state index < -0.39 is 151 Å². The van der Waals surface area contributed by atoms with Crippen molar-refractivity contribution >= 4 is 113 Å². The number of para-hydroxylation sites is 1. The number of nitrogens with one attached hydrogen (secondary N) is 13. The van der Waals surface area contributed by atoms with E-state index in [1.165, 1.54) is 43.8 Å². The minimum Gasteiger partial charge on any atom is -0.480 e. The van der Waals surface area contributed by atoms with Gasteiger partial charge in [0, 0.05) is 91.2 Å². The molecule has 1 fully saturated rings. The summed E-state index contributed by atoms with van der Waals surface area (Å²) in [6.45, 7) is 0.849. The van der Waals surface area contributed by atoms with Crippen LogP contribution in [0, 0.1) is 0 Å². The predicted molar refractivity (Wildman–Crippen MR) is 354 cm³/mol. The number of aliphatic imine (C=N–C) groups is 1. The zero-order chi connectivity index (χ0) is 70.0. The molecule has 21 N–H and O–H groups in total. The minimum atomic E-state index is -1.73. The van der Waals surface area contributed by atoms with Gasteiger partial charge in [-0.1, -0.05) is 48.5 Å². The number of aliphatic hydroxyl groups excluding tert-OH is 1. The van der Waals surface area contributed by atoms with Crippen LogP contribution >= 0.6 is 25.3 Å². The summed E-state index contributed by atoms with van der Waals surface area (Å²) in [4.78, 5) is 186. The number of aliphatic hydroxyl groups is 1. The summed E-state index contributed by atoms with van der Waals surface area (Å²) in [7, 11) is 0. The number of fused-ring (bicyclic) bond motifs is 1. The maximum atomic E-state index is 14.9. The first-order chi connectivity index (χ1) is 45.9. The third-order valence-electron chi connectivity index (χ3n) is 15.4. The summed E-state index contributed by atoms with van der Waals surface area (Å²) >= 11 is 8.45. The Bertz CT molecular complexity index is 3520. The SMILES string of the molecule is CC(NC(=O)C(Cc1cnc[nH]1)NC(=O)C(CS)NC(=O)C1CCCN1C(=O)C(CCCN=C(N)N)NC(=O)C(Cc1ccccc1)NC(=O)C(Cc1c[nH]c2ccccc12)NC(=O)C(CO)NC(=O)CNC(=O)C(CS)NC(=O)C(C)NC(=O)C(N)Cc1cnc[nH]1)C(=O)O. The average molecular weight is 1370 g/mol. The number of carbonyl (C=O) groups excluding carboxylic acids is 11. The van der Waals surface area contributed by atoms with Gasteiger partial charge in [0.05, 0.1) is 31.8 Å². The lowest BCUT2D eigenvalue weighted by atomic mass is 10.0. The highest BCUT2D eigenvalue weighted by Crippen LogP contribution is 2.22. The van der Waals surface area contributed by atoms with E-state index in [4.69, 9.17) is 17.2 Å². The number of thiol groups is 2. The molecule has 518 valence electrons. The number of nitrogens with two attached hydrogens (primary N) is 3. The quantitative estimate of drug-likeness (QED) is 0.00764. The van der Waals surface area contributed by atoms with Gasteiger partial charge in [0.25, 0.3) is 0 Å². The number of aromatic amines is 3. The molecule has 1 aliphatic rings. The largest absolute Gasteiger partial charge is 0.480 e. The lowest BCUT2D eigenvalue weighted by molar-refractivity contribution is -0.142. The van der Waals surface area contributed by atoms with Crippen molar-refractivity contribution in [2.24, 2.45) is 22.2 Å². The molecule has 11 amide bonds. The van der Waals surface area contributed by atoms with Crippen LogP contribution in [-0.4, -0.2) is 221 Å². The molecular formula is C60H82N20O14S2. The number of amides is 11. The van der Waals surface area contributed by atoms with Crippen LogP contribution in [0.1, 0.15) is 62.0 Å². The van der Waals surface area contributed by atoms with Crippen LogP contribution < -0.4 is 70.4 Å². The lowest BCUT2D eigenvalue weighted by Gasteiger charge is -2.31. The molecule has 36 heteroatoms. The highest BCUT2D eigenvalue weighted by molar-refractivity contribution is 7.80. The number of carboxylic acid groups (broad SMARTS) is 1. The molecule has 4 heterocycles. The summed E-state index contributed by atoms with van der Waals surface area (Å²) in [6.07, 6.45) is 7.27. The minimum absolute atomic E-state index is 0.00699. The molecule has 11 atom stereocenters. The maximum Gasteiger partial charge on any atom is 0.325 e. The molecule has 0 radical (unpaired) electrons. The fourth-order valence-corrected chi connectivity index (χ4v) is 10.7. The Morgan fingerprint density at radius 2 is 1.18 bits per heavy atom. The van der Waals surface area contributed by atoms with E-state index in [0.29, 0.717) is 39.8 Å². The third kappa shape index (κ3) is 22.6.